The number of alkyl halides is 3. The van der Waals surface area contributed by atoms with Gasteiger partial charge in [0.25, 0.3) is 5.56 Å². The Kier molecular flexibility index (Phi) is 3.14. The number of nitrogens with one attached hydrogen (secondary N) is 1. The molecule has 3 rings (SSSR count). The summed E-state index contributed by atoms with van der Waals surface area (Å²) in [4.78, 5) is 18.5. The number of benzene rings is 1. The number of nitrogens with zero attached hydrogens (tertiary/aromatic N) is 3. The standard InChI is InChI=1S/C11H5Br2F3N4O/c1-3-17-10-18-9(21)6-5(20(10)19-3)2-4(11(14,15)16)7(12)8(6)13/h2H,1H3,(H,17,18,19,21). The quantitative estimate of drug-likeness (QED) is 0.600. The van der Waals surface area contributed by atoms with Crippen LogP contribution in [0, 0.1) is 6.92 Å². The van der Waals surface area contributed by atoms with Crippen molar-refractivity contribution < 1.29 is 13.2 Å². The molecule has 0 unspecified atom stereocenters. The van der Waals surface area contributed by atoms with E-state index in [2.05, 4.69) is 46.9 Å². The third-order valence-corrected chi connectivity index (χ3v) is 5.03. The Morgan fingerprint density at radius 2 is 1.95 bits per heavy atom. The summed E-state index contributed by atoms with van der Waals surface area (Å²) in [6.07, 6.45) is -4.57. The monoisotopic (exact) mass is 424 g/mol. The van der Waals surface area contributed by atoms with Gasteiger partial charge in [-0.1, -0.05) is 0 Å². The van der Waals surface area contributed by atoms with E-state index in [1.165, 1.54) is 4.52 Å². The molecule has 1 N–H and O–H groups in total. The average molecular weight is 426 g/mol. The average Bonchev–Trinajstić information content (AvgIpc) is 2.71. The fourth-order valence-corrected chi connectivity index (χ4v) is 3.16. The van der Waals surface area contributed by atoms with Crippen LogP contribution in [0.25, 0.3) is 16.7 Å². The Hall–Kier alpha value is -1.42. The fraction of sp³-hybridized carbons (Fsp3) is 0.182. The summed E-state index contributed by atoms with van der Waals surface area (Å²) in [7, 11) is 0. The molecule has 110 valence electrons. The van der Waals surface area contributed by atoms with E-state index >= 15 is 0 Å². The van der Waals surface area contributed by atoms with Crippen molar-refractivity contribution in [2.24, 2.45) is 0 Å². The molecule has 0 spiro atoms. The molecule has 0 bridgehead atoms. The minimum absolute atomic E-state index is 0.0172. The molecule has 0 atom stereocenters. The van der Waals surface area contributed by atoms with Gasteiger partial charge in [0.1, 0.15) is 5.82 Å². The number of rotatable bonds is 0. The molecule has 2 aromatic heterocycles. The van der Waals surface area contributed by atoms with Gasteiger partial charge in [-0.3, -0.25) is 9.78 Å². The zero-order chi connectivity index (χ0) is 15.5. The largest absolute Gasteiger partial charge is 0.417 e. The molecule has 5 nitrogen and oxygen atoms in total. The maximum atomic E-state index is 13.1. The summed E-state index contributed by atoms with van der Waals surface area (Å²) in [5, 5.41) is 4.07. The molecule has 0 aliphatic carbocycles. The van der Waals surface area contributed by atoms with Gasteiger partial charge in [-0.2, -0.15) is 22.7 Å². The van der Waals surface area contributed by atoms with Crippen LogP contribution < -0.4 is 5.56 Å². The molecule has 0 saturated heterocycles. The lowest BCUT2D eigenvalue weighted by molar-refractivity contribution is -0.138. The van der Waals surface area contributed by atoms with Crippen LogP contribution in [0.1, 0.15) is 11.4 Å². The molecule has 0 radical (unpaired) electrons. The molecule has 3 aromatic rings. The van der Waals surface area contributed by atoms with E-state index in [9.17, 15) is 18.0 Å². The molecule has 1 aromatic carbocycles. The van der Waals surface area contributed by atoms with Crippen LogP contribution in [0.2, 0.25) is 0 Å². The maximum Gasteiger partial charge on any atom is 0.417 e. The number of H-pyrrole nitrogens is 1. The van der Waals surface area contributed by atoms with E-state index in [0.29, 0.717) is 5.82 Å². The number of hydrogen-bond acceptors (Lipinski definition) is 3. The van der Waals surface area contributed by atoms with Crippen molar-refractivity contribution in [1.82, 2.24) is 19.6 Å². The summed E-state index contributed by atoms with van der Waals surface area (Å²) < 4.78 is 40.2. The summed E-state index contributed by atoms with van der Waals surface area (Å²) in [6, 6.07) is 0.876. The lowest BCUT2D eigenvalue weighted by atomic mass is 10.1. The number of fused-ring (bicyclic) bond motifs is 3. The van der Waals surface area contributed by atoms with E-state index < -0.39 is 17.3 Å². The van der Waals surface area contributed by atoms with Gasteiger partial charge >= 0.3 is 6.18 Å². The molecule has 0 saturated carbocycles. The number of hydrogen-bond donors (Lipinski definition) is 1. The summed E-state index contributed by atoms with van der Waals surface area (Å²) in [5.41, 5.74) is -1.43. The van der Waals surface area contributed by atoms with E-state index in [-0.39, 0.29) is 25.6 Å². The highest BCUT2D eigenvalue weighted by molar-refractivity contribution is 9.13. The van der Waals surface area contributed by atoms with Crippen LogP contribution in [0.3, 0.4) is 0 Å². The van der Waals surface area contributed by atoms with Crippen LogP contribution in [-0.4, -0.2) is 19.6 Å². The molecule has 0 aliphatic heterocycles. The number of halogens is 5. The van der Waals surface area contributed by atoms with Gasteiger partial charge in [0, 0.05) is 8.95 Å². The second-order valence-corrected chi connectivity index (χ2v) is 5.88. The van der Waals surface area contributed by atoms with Crippen LogP contribution in [0.5, 0.6) is 0 Å². The smallest absolute Gasteiger partial charge is 0.290 e. The van der Waals surface area contributed by atoms with Crippen molar-refractivity contribution in [3.05, 3.63) is 36.8 Å². The predicted octanol–water partition coefficient (Wildman–Crippen LogP) is 3.42. The van der Waals surface area contributed by atoms with Gasteiger partial charge in [-0.15, -0.1) is 5.10 Å². The first kappa shape index (κ1) is 14.5. The SMILES string of the molecule is Cc1nc2[nH]c(=O)c3c(Br)c(Br)c(C(F)(F)F)cc3n2n1. The van der Waals surface area contributed by atoms with E-state index in [1.807, 2.05) is 0 Å². The zero-order valence-corrected chi connectivity index (χ0v) is 13.4. The van der Waals surface area contributed by atoms with Gasteiger partial charge in [0.15, 0.2) is 0 Å². The van der Waals surface area contributed by atoms with Gasteiger partial charge < -0.3 is 0 Å². The Morgan fingerprint density at radius 1 is 1.29 bits per heavy atom. The Morgan fingerprint density at radius 3 is 2.57 bits per heavy atom. The van der Waals surface area contributed by atoms with Gasteiger partial charge in [-0.25, -0.2) is 0 Å². The van der Waals surface area contributed by atoms with Gasteiger partial charge in [-0.05, 0) is 44.8 Å². The number of aromatic nitrogens is 4. The minimum Gasteiger partial charge on any atom is -0.290 e. The number of aromatic amines is 1. The maximum absolute atomic E-state index is 13.1. The lowest BCUT2D eigenvalue weighted by Crippen LogP contribution is -2.14. The molecular formula is C11H5Br2F3N4O. The molecule has 0 fully saturated rings. The fourth-order valence-electron chi connectivity index (χ4n) is 2.03. The van der Waals surface area contributed by atoms with Gasteiger partial charge in [0.05, 0.1) is 16.5 Å². The van der Waals surface area contributed by atoms with Crippen molar-refractivity contribution >= 4 is 48.5 Å². The van der Waals surface area contributed by atoms with E-state index in [0.717, 1.165) is 6.07 Å². The number of aryl methyl sites for hydroxylation is 1. The molecule has 0 aliphatic rings. The van der Waals surface area contributed by atoms with Crippen molar-refractivity contribution in [3.8, 4) is 0 Å². The molecule has 0 amide bonds. The summed E-state index contributed by atoms with van der Waals surface area (Å²) >= 11 is 5.91. The topological polar surface area (TPSA) is 63.0 Å². The van der Waals surface area contributed by atoms with Crippen LogP contribution >= 0.6 is 31.9 Å². The van der Waals surface area contributed by atoms with E-state index in [1.54, 1.807) is 6.92 Å². The van der Waals surface area contributed by atoms with Crippen molar-refractivity contribution in [1.29, 1.82) is 0 Å². The predicted molar refractivity (Wildman–Crippen MR) is 76.3 cm³/mol. The normalized spacial score (nSPS) is 12.5. The first-order valence-corrected chi connectivity index (χ1v) is 7.13. The van der Waals surface area contributed by atoms with Crippen molar-refractivity contribution in [3.63, 3.8) is 0 Å². The Labute approximate surface area is 131 Å². The summed E-state index contributed by atoms with van der Waals surface area (Å²) in [5.74, 6) is 0.429. The second kappa shape index (κ2) is 4.54. The molecule has 10 heteroatoms. The van der Waals surface area contributed by atoms with Crippen molar-refractivity contribution in [2.45, 2.75) is 13.1 Å². The highest BCUT2D eigenvalue weighted by atomic mass is 79.9. The Balaban J connectivity index is 2.61. The first-order valence-electron chi connectivity index (χ1n) is 5.54. The first-order chi connectivity index (χ1) is 9.70. The molecule has 21 heavy (non-hydrogen) atoms. The van der Waals surface area contributed by atoms with E-state index in [4.69, 9.17) is 0 Å². The molecule has 2 heterocycles. The van der Waals surface area contributed by atoms with Crippen molar-refractivity contribution in [2.75, 3.05) is 0 Å². The third-order valence-electron chi connectivity index (χ3n) is 2.88. The molecular weight excluding hydrogens is 421 g/mol. The van der Waals surface area contributed by atoms with Crippen LogP contribution in [-0.2, 0) is 6.18 Å². The lowest BCUT2D eigenvalue weighted by Gasteiger charge is -2.12. The third kappa shape index (κ3) is 2.16. The highest BCUT2D eigenvalue weighted by Gasteiger charge is 2.35. The van der Waals surface area contributed by atoms with Crippen LogP contribution in [0.15, 0.2) is 19.8 Å². The highest BCUT2D eigenvalue weighted by Crippen LogP contribution is 2.41. The summed E-state index contributed by atoms with van der Waals surface area (Å²) in [6.45, 7) is 1.58. The second-order valence-electron chi connectivity index (χ2n) is 4.29. The Bertz CT molecular complexity index is 945. The van der Waals surface area contributed by atoms with Crippen LogP contribution in [0.4, 0.5) is 13.2 Å². The zero-order valence-electron chi connectivity index (χ0n) is 10.2. The minimum atomic E-state index is -4.57. The van der Waals surface area contributed by atoms with Gasteiger partial charge in [0.2, 0.25) is 5.78 Å².